The summed E-state index contributed by atoms with van der Waals surface area (Å²) in [6.45, 7) is 8.88. The molecule has 0 spiro atoms. The molecule has 20 heavy (non-hydrogen) atoms. The number of halogens is 1. The molecule has 3 nitrogen and oxygen atoms in total. The average Bonchev–Trinajstić information content (AvgIpc) is 2.37. The summed E-state index contributed by atoms with van der Waals surface area (Å²) >= 11 is 3.52. The summed E-state index contributed by atoms with van der Waals surface area (Å²) in [5.74, 6) is 0.410. The number of methoxy groups -OCH3 is 1. The highest BCUT2D eigenvalue weighted by molar-refractivity contribution is 9.09. The number of carbonyl (C=O) groups is 1. The molecule has 5 heteroatoms. The minimum atomic E-state index is -1.96. The summed E-state index contributed by atoms with van der Waals surface area (Å²) in [6, 6.07) is 8.24. The lowest BCUT2D eigenvalue weighted by atomic mass is 10.2. The second kappa shape index (κ2) is 6.76. The maximum Gasteiger partial charge on any atom is 0.337 e. The van der Waals surface area contributed by atoms with Crippen LogP contribution in [0.1, 0.15) is 31.1 Å². The number of carbonyl (C=O) groups excluding carboxylic acids is 1. The predicted octanol–water partition coefficient (Wildman–Crippen LogP) is 4.62. The highest BCUT2D eigenvalue weighted by Crippen LogP contribution is 2.40. The maximum atomic E-state index is 11.6. The van der Waals surface area contributed by atoms with Gasteiger partial charge in [0.05, 0.1) is 12.7 Å². The lowest BCUT2D eigenvalue weighted by Crippen LogP contribution is -2.47. The van der Waals surface area contributed by atoms with Gasteiger partial charge in [0.15, 0.2) is 0 Å². The predicted molar refractivity (Wildman–Crippen MR) is 88.3 cm³/mol. The summed E-state index contributed by atoms with van der Waals surface area (Å²) in [4.78, 5) is 11.6. The molecule has 0 saturated heterocycles. The van der Waals surface area contributed by atoms with Gasteiger partial charge in [-0.2, -0.15) is 0 Å². The van der Waals surface area contributed by atoms with E-state index in [0.29, 0.717) is 5.56 Å². The van der Waals surface area contributed by atoms with Crippen LogP contribution >= 0.6 is 15.9 Å². The van der Waals surface area contributed by atoms with E-state index in [1.165, 1.54) is 7.11 Å². The van der Waals surface area contributed by atoms with Crippen LogP contribution in [0.3, 0.4) is 0 Å². The summed E-state index contributed by atoms with van der Waals surface area (Å²) in [5, 5.41) is 1.03. The molecule has 0 N–H and O–H groups in total. The Morgan fingerprint density at radius 2 is 2.00 bits per heavy atom. The Labute approximate surface area is 130 Å². The first-order valence-corrected chi connectivity index (χ1v) is 10.4. The molecule has 0 amide bonds. The first-order chi connectivity index (χ1) is 9.23. The third-order valence-electron chi connectivity index (χ3n) is 3.76. The van der Waals surface area contributed by atoms with Gasteiger partial charge >= 0.3 is 5.97 Å². The van der Waals surface area contributed by atoms with Crippen LogP contribution in [0.5, 0.6) is 5.75 Å². The van der Waals surface area contributed by atoms with Crippen molar-refractivity contribution < 1.29 is 14.0 Å². The summed E-state index contributed by atoms with van der Waals surface area (Å²) < 4.78 is 11.1. The van der Waals surface area contributed by atoms with Crippen molar-refractivity contribution in [3.05, 3.63) is 29.8 Å². The Kier molecular flexibility index (Phi) is 5.83. The second-order valence-electron chi connectivity index (χ2n) is 6.04. The van der Waals surface area contributed by atoms with E-state index in [1.54, 1.807) is 12.1 Å². The monoisotopic (exact) mass is 358 g/mol. The largest absolute Gasteiger partial charge is 0.543 e. The Balaban J connectivity index is 3.03. The van der Waals surface area contributed by atoms with Gasteiger partial charge in [-0.1, -0.05) is 42.8 Å². The van der Waals surface area contributed by atoms with Crippen LogP contribution < -0.4 is 4.43 Å². The maximum absolute atomic E-state index is 11.6. The fourth-order valence-electron chi connectivity index (χ4n) is 1.82. The molecule has 1 aromatic rings. The number of hydrogen-bond acceptors (Lipinski definition) is 3. The first-order valence-electron chi connectivity index (χ1n) is 6.67. The van der Waals surface area contributed by atoms with Crippen molar-refractivity contribution in [2.45, 2.75) is 38.4 Å². The number of rotatable bonds is 5. The normalized spacial score (nSPS) is 14.5. The third kappa shape index (κ3) is 4.09. The van der Waals surface area contributed by atoms with Gasteiger partial charge in [0.25, 0.3) is 8.32 Å². The quantitative estimate of drug-likeness (QED) is 0.437. The fraction of sp³-hybridized carbons (Fsp3) is 0.533. The first kappa shape index (κ1) is 17.2. The molecule has 0 aliphatic rings. The molecule has 1 aromatic carbocycles. The van der Waals surface area contributed by atoms with Gasteiger partial charge in [-0.15, -0.1) is 0 Å². The highest BCUT2D eigenvalue weighted by Gasteiger charge is 2.43. The molecule has 0 aromatic heterocycles. The van der Waals surface area contributed by atoms with Gasteiger partial charge < -0.3 is 9.16 Å². The van der Waals surface area contributed by atoms with Crippen LogP contribution in [0.2, 0.25) is 17.6 Å². The fourth-order valence-corrected chi connectivity index (χ4v) is 6.26. The van der Waals surface area contributed by atoms with Crippen molar-refractivity contribution in [2.75, 3.05) is 12.4 Å². The van der Waals surface area contributed by atoms with Crippen LogP contribution in [0.25, 0.3) is 0 Å². The van der Waals surface area contributed by atoms with Crippen LogP contribution in [0.4, 0.5) is 0 Å². The van der Waals surface area contributed by atoms with Crippen LogP contribution in [-0.4, -0.2) is 26.7 Å². The van der Waals surface area contributed by atoms with E-state index >= 15 is 0 Å². The number of benzene rings is 1. The highest BCUT2D eigenvalue weighted by atomic mass is 79.9. The van der Waals surface area contributed by atoms with E-state index in [-0.39, 0.29) is 11.0 Å². The van der Waals surface area contributed by atoms with Gasteiger partial charge in [0, 0.05) is 5.33 Å². The smallest absolute Gasteiger partial charge is 0.337 e. The lowest BCUT2D eigenvalue weighted by Gasteiger charge is -2.39. The zero-order valence-corrected chi connectivity index (χ0v) is 15.4. The van der Waals surface area contributed by atoms with Gasteiger partial charge in [0.1, 0.15) is 5.75 Å². The Hall–Kier alpha value is -0.813. The molecule has 1 atom stereocenters. The van der Waals surface area contributed by atoms with Crippen molar-refractivity contribution in [1.82, 2.24) is 0 Å². The Morgan fingerprint density at radius 1 is 1.35 bits per heavy atom. The van der Waals surface area contributed by atoms with E-state index in [1.807, 2.05) is 12.1 Å². The number of hydrogen-bond donors (Lipinski definition) is 0. The summed E-state index contributed by atoms with van der Waals surface area (Å²) in [7, 11) is -0.575. The molecule has 0 bridgehead atoms. The molecule has 0 aliphatic carbocycles. The van der Waals surface area contributed by atoms with E-state index < -0.39 is 8.32 Å². The topological polar surface area (TPSA) is 35.5 Å². The Bertz CT molecular complexity index is 470. The average molecular weight is 359 g/mol. The number of alkyl halides is 1. The number of esters is 1. The van der Waals surface area contributed by atoms with E-state index in [0.717, 1.165) is 17.1 Å². The van der Waals surface area contributed by atoms with Gasteiger partial charge in [-0.25, -0.2) is 4.79 Å². The van der Waals surface area contributed by atoms with Crippen molar-refractivity contribution in [1.29, 1.82) is 0 Å². The van der Waals surface area contributed by atoms with E-state index in [4.69, 9.17) is 9.16 Å². The SMILES string of the molecule is COC(=O)c1cccc(O[Si](C)(CCBr)C(C)(C)C)c1. The molecule has 0 fully saturated rings. The molecule has 0 aliphatic heterocycles. The molecular formula is C15H23BrO3Si. The second-order valence-corrected chi connectivity index (χ2v) is 11.5. The van der Waals surface area contributed by atoms with Gasteiger partial charge in [-0.3, -0.25) is 0 Å². The van der Waals surface area contributed by atoms with Crippen molar-refractivity contribution in [3.8, 4) is 5.75 Å². The van der Waals surface area contributed by atoms with Crippen molar-refractivity contribution in [3.63, 3.8) is 0 Å². The molecule has 1 rings (SSSR count). The third-order valence-corrected chi connectivity index (χ3v) is 9.95. The summed E-state index contributed by atoms with van der Waals surface area (Å²) in [6.07, 6.45) is 0. The number of ether oxygens (including phenoxy) is 1. The van der Waals surface area contributed by atoms with Crippen LogP contribution in [0, 0.1) is 0 Å². The van der Waals surface area contributed by atoms with Crippen LogP contribution in [-0.2, 0) is 4.74 Å². The zero-order chi connectivity index (χ0) is 15.4. The standard InChI is InChI=1S/C15H23BrO3Si/c1-15(2,3)20(5,10-9-16)19-13-8-6-7-12(11-13)14(17)18-4/h6-8,11H,9-10H2,1-5H3. The van der Waals surface area contributed by atoms with Crippen molar-refractivity contribution in [2.24, 2.45) is 0 Å². The molecule has 0 radical (unpaired) electrons. The molecular weight excluding hydrogens is 336 g/mol. The van der Waals surface area contributed by atoms with E-state index in [2.05, 4.69) is 43.2 Å². The minimum absolute atomic E-state index is 0.113. The van der Waals surface area contributed by atoms with E-state index in [9.17, 15) is 4.79 Å². The lowest BCUT2D eigenvalue weighted by molar-refractivity contribution is 0.0600. The van der Waals surface area contributed by atoms with Crippen molar-refractivity contribution >= 4 is 30.2 Å². The zero-order valence-electron chi connectivity index (χ0n) is 12.8. The Morgan fingerprint density at radius 3 is 2.50 bits per heavy atom. The summed E-state index contributed by atoms with van der Waals surface area (Å²) in [5.41, 5.74) is 0.522. The minimum Gasteiger partial charge on any atom is -0.543 e. The van der Waals surface area contributed by atoms with Crippen LogP contribution in [0.15, 0.2) is 24.3 Å². The molecule has 112 valence electrons. The van der Waals surface area contributed by atoms with Gasteiger partial charge in [0.2, 0.25) is 0 Å². The molecule has 0 saturated carbocycles. The molecule has 0 heterocycles. The van der Waals surface area contributed by atoms with Gasteiger partial charge in [-0.05, 0) is 35.8 Å². The molecule has 1 unspecified atom stereocenters.